The summed E-state index contributed by atoms with van der Waals surface area (Å²) >= 11 is 2.14. The summed E-state index contributed by atoms with van der Waals surface area (Å²) in [6.45, 7) is 4.47. The number of amides is 1. The molecule has 0 heterocycles. The lowest BCUT2D eigenvalue weighted by atomic mass is 10.1. The lowest BCUT2D eigenvalue weighted by molar-refractivity contribution is 0.102. The third-order valence-electron chi connectivity index (χ3n) is 3.42. The number of carbonyl (C=O) groups is 1. The van der Waals surface area contributed by atoms with Crippen LogP contribution in [0.1, 0.15) is 29.8 Å². The Morgan fingerprint density at radius 3 is 2.61 bits per heavy atom. The van der Waals surface area contributed by atoms with Crippen molar-refractivity contribution in [2.45, 2.75) is 20.3 Å². The van der Waals surface area contributed by atoms with Crippen LogP contribution in [0.3, 0.4) is 0 Å². The molecule has 0 unspecified atom stereocenters. The van der Waals surface area contributed by atoms with Crippen LogP contribution in [0.25, 0.3) is 0 Å². The van der Waals surface area contributed by atoms with E-state index in [1.165, 1.54) is 0 Å². The summed E-state index contributed by atoms with van der Waals surface area (Å²) in [6, 6.07) is 11.3. The van der Waals surface area contributed by atoms with Gasteiger partial charge in [0.1, 0.15) is 0 Å². The van der Waals surface area contributed by atoms with Crippen LogP contribution in [0.2, 0.25) is 0 Å². The molecule has 5 heteroatoms. The second kappa shape index (κ2) is 8.19. The fourth-order valence-electron chi connectivity index (χ4n) is 2.31. The molecule has 0 radical (unpaired) electrons. The van der Waals surface area contributed by atoms with Gasteiger partial charge in [-0.2, -0.15) is 0 Å². The van der Waals surface area contributed by atoms with Gasteiger partial charge in [0.05, 0.1) is 17.3 Å². The minimum atomic E-state index is -0.160. The predicted octanol–water partition coefficient (Wildman–Crippen LogP) is 4.51. The average Bonchev–Trinajstić information content (AvgIpc) is 2.55. The summed E-state index contributed by atoms with van der Waals surface area (Å²) in [4.78, 5) is 12.6. The fraction of sp³-hybridized carbons (Fsp3) is 0.278. The van der Waals surface area contributed by atoms with E-state index < -0.39 is 0 Å². The van der Waals surface area contributed by atoms with Crippen LogP contribution in [-0.2, 0) is 6.42 Å². The molecule has 23 heavy (non-hydrogen) atoms. The molecule has 0 aliphatic rings. The second-order valence-corrected chi connectivity index (χ2v) is 6.05. The zero-order valence-electron chi connectivity index (χ0n) is 13.5. The normalized spacial score (nSPS) is 10.3. The Labute approximate surface area is 150 Å². The van der Waals surface area contributed by atoms with Crippen LogP contribution in [0.15, 0.2) is 36.4 Å². The molecular formula is C18H20INO3. The number of ether oxygens (including phenoxy) is 2. The number of para-hydroxylation sites is 1. The highest BCUT2D eigenvalue weighted by atomic mass is 127. The van der Waals surface area contributed by atoms with Gasteiger partial charge in [0.25, 0.3) is 5.91 Å². The van der Waals surface area contributed by atoms with Gasteiger partial charge >= 0.3 is 0 Å². The SMILES string of the molecule is CCOc1cc(C(=O)Nc2ccccc2CC)cc(I)c1OC. The zero-order valence-corrected chi connectivity index (χ0v) is 15.6. The van der Waals surface area contributed by atoms with Crippen LogP contribution in [0.4, 0.5) is 5.69 Å². The summed E-state index contributed by atoms with van der Waals surface area (Å²) in [6.07, 6.45) is 0.862. The van der Waals surface area contributed by atoms with E-state index in [4.69, 9.17) is 9.47 Å². The maximum atomic E-state index is 12.6. The average molecular weight is 425 g/mol. The van der Waals surface area contributed by atoms with Crippen LogP contribution in [-0.4, -0.2) is 19.6 Å². The summed E-state index contributed by atoms with van der Waals surface area (Å²) in [5, 5.41) is 2.97. The molecule has 4 nitrogen and oxygen atoms in total. The Balaban J connectivity index is 2.32. The molecule has 1 amide bonds. The third-order valence-corrected chi connectivity index (χ3v) is 4.22. The number of methoxy groups -OCH3 is 1. The van der Waals surface area contributed by atoms with Crippen LogP contribution >= 0.6 is 22.6 Å². The van der Waals surface area contributed by atoms with Gasteiger partial charge in [-0.3, -0.25) is 4.79 Å². The number of halogens is 1. The number of benzene rings is 2. The zero-order chi connectivity index (χ0) is 16.8. The van der Waals surface area contributed by atoms with Crippen molar-refractivity contribution in [2.24, 2.45) is 0 Å². The number of anilines is 1. The van der Waals surface area contributed by atoms with Gasteiger partial charge in [0.2, 0.25) is 0 Å². The Morgan fingerprint density at radius 2 is 1.96 bits per heavy atom. The number of rotatable bonds is 6. The number of carbonyl (C=O) groups excluding carboxylic acids is 1. The van der Waals surface area contributed by atoms with E-state index in [-0.39, 0.29) is 5.91 Å². The molecule has 0 saturated heterocycles. The largest absolute Gasteiger partial charge is 0.492 e. The van der Waals surface area contributed by atoms with Gasteiger partial charge in [-0.05, 0) is 59.7 Å². The smallest absolute Gasteiger partial charge is 0.255 e. The van der Waals surface area contributed by atoms with Crippen molar-refractivity contribution >= 4 is 34.2 Å². The standard InChI is InChI=1S/C18H20INO3/c1-4-12-8-6-7-9-15(12)20-18(21)13-10-14(19)17(22-3)16(11-13)23-5-2/h6-11H,4-5H2,1-3H3,(H,20,21). The molecule has 0 fully saturated rings. The molecular weight excluding hydrogens is 405 g/mol. The summed E-state index contributed by atoms with van der Waals surface area (Å²) in [5.41, 5.74) is 2.49. The van der Waals surface area contributed by atoms with Crippen molar-refractivity contribution in [3.8, 4) is 11.5 Å². The number of nitrogens with one attached hydrogen (secondary N) is 1. The van der Waals surface area contributed by atoms with Gasteiger partial charge in [0, 0.05) is 11.3 Å². The van der Waals surface area contributed by atoms with Crippen molar-refractivity contribution in [3.05, 3.63) is 51.1 Å². The van der Waals surface area contributed by atoms with Crippen LogP contribution in [0, 0.1) is 3.57 Å². The molecule has 0 atom stereocenters. The van der Waals surface area contributed by atoms with Gasteiger partial charge < -0.3 is 14.8 Å². The van der Waals surface area contributed by atoms with Crippen LogP contribution in [0.5, 0.6) is 11.5 Å². The highest BCUT2D eigenvalue weighted by molar-refractivity contribution is 14.1. The molecule has 0 bridgehead atoms. The molecule has 1 N–H and O–H groups in total. The molecule has 0 aliphatic carbocycles. The van der Waals surface area contributed by atoms with Crippen molar-refractivity contribution in [2.75, 3.05) is 19.0 Å². The molecule has 0 aromatic heterocycles. The summed E-state index contributed by atoms with van der Waals surface area (Å²) in [5.74, 6) is 1.07. The topological polar surface area (TPSA) is 47.6 Å². The fourth-order valence-corrected chi connectivity index (χ4v) is 3.13. The van der Waals surface area contributed by atoms with E-state index in [1.54, 1.807) is 19.2 Å². The third kappa shape index (κ3) is 4.16. The van der Waals surface area contributed by atoms with Crippen molar-refractivity contribution in [1.29, 1.82) is 0 Å². The maximum absolute atomic E-state index is 12.6. The van der Waals surface area contributed by atoms with Crippen LogP contribution < -0.4 is 14.8 Å². The van der Waals surface area contributed by atoms with E-state index in [9.17, 15) is 4.79 Å². The highest BCUT2D eigenvalue weighted by Crippen LogP contribution is 2.34. The predicted molar refractivity (Wildman–Crippen MR) is 101 cm³/mol. The first-order chi connectivity index (χ1) is 11.1. The van der Waals surface area contributed by atoms with Gasteiger partial charge in [-0.1, -0.05) is 25.1 Å². The molecule has 0 spiro atoms. The van der Waals surface area contributed by atoms with E-state index in [2.05, 4.69) is 34.8 Å². The van der Waals surface area contributed by atoms with E-state index in [1.807, 2.05) is 31.2 Å². The van der Waals surface area contributed by atoms with E-state index >= 15 is 0 Å². The van der Waals surface area contributed by atoms with Crippen molar-refractivity contribution in [1.82, 2.24) is 0 Å². The Bertz CT molecular complexity index is 701. The first-order valence-electron chi connectivity index (χ1n) is 7.50. The van der Waals surface area contributed by atoms with Crippen molar-refractivity contribution in [3.63, 3.8) is 0 Å². The quantitative estimate of drug-likeness (QED) is 0.693. The first kappa shape index (κ1) is 17.6. The molecule has 2 rings (SSSR count). The molecule has 2 aromatic carbocycles. The lowest BCUT2D eigenvalue weighted by Gasteiger charge is -2.14. The highest BCUT2D eigenvalue weighted by Gasteiger charge is 2.16. The van der Waals surface area contributed by atoms with Crippen molar-refractivity contribution < 1.29 is 14.3 Å². The summed E-state index contributed by atoms with van der Waals surface area (Å²) < 4.78 is 11.8. The summed E-state index contributed by atoms with van der Waals surface area (Å²) in [7, 11) is 1.59. The Hall–Kier alpha value is -1.76. The molecule has 2 aromatic rings. The number of hydrogen-bond donors (Lipinski definition) is 1. The second-order valence-electron chi connectivity index (χ2n) is 4.89. The Kier molecular flexibility index (Phi) is 6.27. The Morgan fingerprint density at radius 1 is 1.22 bits per heavy atom. The number of hydrogen-bond acceptors (Lipinski definition) is 3. The molecule has 122 valence electrons. The lowest BCUT2D eigenvalue weighted by Crippen LogP contribution is -2.14. The monoisotopic (exact) mass is 425 g/mol. The minimum Gasteiger partial charge on any atom is -0.492 e. The van der Waals surface area contributed by atoms with E-state index in [0.717, 1.165) is 21.2 Å². The van der Waals surface area contributed by atoms with E-state index in [0.29, 0.717) is 23.7 Å². The molecule has 0 aliphatic heterocycles. The number of aryl methyl sites for hydroxylation is 1. The first-order valence-corrected chi connectivity index (χ1v) is 8.58. The molecule has 0 saturated carbocycles. The van der Waals surface area contributed by atoms with Gasteiger partial charge in [0.15, 0.2) is 11.5 Å². The van der Waals surface area contributed by atoms with Gasteiger partial charge in [-0.15, -0.1) is 0 Å². The maximum Gasteiger partial charge on any atom is 0.255 e. The minimum absolute atomic E-state index is 0.160. The van der Waals surface area contributed by atoms with Gasteiger partial charge in [-0.25, -0.2) is 0 Å².